The average molecular weight is 143 g/mol. The van der Waals surface area contributed by atoms with Crippen molar-refractivity contribution in [1.29, 1.82) is 0 Å². The van der Waals surface area contributed by atoms with E-state index in [9.17, 15) is 0 Å². The Morgan fingerprint density at radius 1 is 1.80 bits per heavy atom. The molecule has 0 bridgehead atoms. The molecular formula is C7H13NO2. The monoisotopic (exact) mass is 143 g/mol. The molecule has 10 heavy (non-hydrogen) atoms. The van der Waals surface area contributed by atoms with Gasteiger partial charge in [-0.1, -0.05) is 6.08 Å². The van der Waals surface area contributed by atoms with Crippen molar-refractivity contribution in [2.75, 3.05) is 7.11 Å². The van der Waals surface area contributed by atoms with Crippen LogP contribution in [-0.4, -0.2) is 24.6 Å². The summed E-state index contributed by atoms with van der Waals surface area (Å²) < 4.78 is 4.98. The van der Waals surface area contributed by atoms with Crippen LogP contribution in [0, 0.1) is 0 Å². The summed E-state index contributed by atoms with van der Waals surface area (Å²) in [4.78, 5) is 0. The molecule has 0 amide bonds. The lowest BCUT2D eigenvalue weighted by molar-refractivity contribution is 0.136. The van der Waals surface area contributed by atoms with Gasteiger partial charge in [-0.25, -0.2) is 0 Å². The summed E-state index contributed by atoms with van der Waals surface area (Å²) in [6, 6.07) is 0. The molecule has 0 saturated carbocycles. The third kappa shape index (κ3) is 4.09. The van der Waals surface area contributed by atoms with Gasteiger partial charge in [-0.05, 0) is 12.8 Å². The second-order valence-electron chi connectivity index (χ2n) is 1.89. The first-order chi connectivity index (χ1) is 4.85. The SMILES string of the molecule is C=CC(CCC=NO)OC. The summed E-state index contributed by atoms with van der Waals surface area (Å²) in [5, 5.41) is 10.9. The van der Waals surface area contributed by atoms with E-state index in [2.05, 4.69) is 11.7 Å². The van der Waals surface area contributed by atoms with Crippen LogP contribution in [0.25, 0.3) is 0 Å². The highest BCUT2D eigenvalue weighted by atomic mass is 16.5. The minimum atomic E-state index is 0.0676. The van der Waals surface area contributed by atoms with Gasteiger partial charge in [-0.15, -0.1) is 11.7 Å². The Morgan fingerprint density at radius 2 is 2.50 bits per heavy atom. The van der Waals surface area contributed by atoms with Crippen molar-refractivity contribution in [1.82, 2.24) is 0 Å². The van der Waals surface area contributed by atoms with E-state index in [0.717, 1.165) is 6.42 Å². The van der Waals surface area contributed by atoms with Gasteiger partial charge in [0, 0.05) is 13.3 Å². The van der Waals surface area contributed by atoms with Gasteiger partial charge in [0.25, 0.3) is 0 Å². The van der Waals surface area contributed by atoms with Crippen molar-refractivity contribution in [3.63, 3.8) is 0 Å². The molecule has 1 unspecified atom stereocenters. The zero-order valence-corrected chi connectivity index (χ0v) is 6.16. The summed E-state index contributed by atoms with van der Waals surface area (Å²) in [7, 11) is 1.63. The average Bonchev–Trinajstić information content (AvgIpc) is 1.99. The molecule has 0 radical (unpaired) electrons. The predicted molar refractivity (Wildman–Crippen MR) is 40.5 cm³/mol. The van der Waals surface area contributed by atoms with Gasteiger partial charge in [-0.2, -0.15) is 0 Å². The molecule has 1 atom stereocenters. The Labute approximate surface area is 61.0 Å². The molecule has 0 aliphatic heterocycles. The Morgan fingerprint density at radius 3 is 2.90 bits per heavy atom. The molecule has 0 aromatic carbocycles. The van der Waals surface area contributed by atoms with E-state index in [0.29, 0.717) is 6.42 Å². The van der Waals surface area contributed by atoms with Gasteiger partial charge >= 0.3 is 0 Å². The largest absolute Gasteiger partial charge is 0.411 e. The number of nitrogens with zero attached hydrogens (tertiary/aromatic N) is 1. The van der Waals surface area contributed by atoms with Crippen LogP contribution < -0.4 is 0 Å². The van der Waals surface area contributed by atoms with E-state index in [1.807, 2.05) is 0 Å². The first kappa shape index (κ1) is 9.17. The van der Waals surface area contributed by atoms with E-state index < -0.39 is 0 Å². The second-order valence-corrected chi connectivity index (χ2v) is 1.89. The zero-order chi connectivity index (χ0) is 7.82. The normalized spacial score (nSPS) is 13.7. The molecule has 0 spiro atoms. The fourth-order valence-corrected chi connectivity index (χ4v) is 0.628. The van der Waals surface area contributed by atoms with Crippen LogP contribution in [0.3, 0.4) is 0 Å². The molecule has 0 rings (SSSR count). The molecule has 0 heterocycles. The van der Waals surface area contributed by atoms with Crippen LogP contribution in [0.2, 0.25) is 0 Å². The number of methoxy groups -OCH3 is 1. The summed E-state index contributed by atoms with van der Waals surface area (Å²) in [5.41, 5.74) is 0. The lowest BCUT2D eigenvalue weighted by atomic mass is 10.2. The number of hydrogen-bond acceptors (Lipinski definition) is 3. The van der Waals surface area contributed by atoms with Gasteiger partial charge in [0.1, 0.15) is 0 Å². The van der Waals surface area contributed by atoms with E-state index in [-0.39, 0.29) is 6.10 Å². The number of oxime groups is 1. The topological polar surface area (TPSA) is 41.8 Å². The zero-order valence-electron chi connectivity index (χ0n) is 6.16. The van der Waals surface area contributed by atoms with Crippen molar-refractivity contribution >= 4 is 6.21 Å². The third-order valence-electron chi connectivity index (χ3n) is 1.23. The molecular weight excluding hydrogens is 130 g/mol. The molecule has 0 aromatic heterocycles. The Balaban J connectivity index is 3.34. The van der Waals surface area contributed by atoms with Crippen LogP contribution in [0.4, 0.5) is 0 Å². The van der Waals surface area contributed by atoms with Crippen molar-refractivity contribution in [2.45, 2.75) is 18.9 Å². The summed E-state index contributed by atoms with van der Waals surface area (Å²) in [5.74, 6) is 0. The molecule has 0 saturated heterocycles. The lowest BCUT2D eigenvalue weighted by Crippen LogP contribution is -2.05. The van der Waals surface area contributed by atoms with Crippen molar-refractivity contribution in [3.8, 4) is 0 Å². The number of ether oxygens (including phenoxy) is 1. The highest BCUT2D eigenvalue weighted by molar-refractivity contribution is 5.56. The number of rotatable bonds is 5. The molecule has 58 valence electrons. The highest BCUT2D eigenvalue weighted by Crippen LogP contribution is 1.99. The van der Waals surface area contributed by atoms with Crippen molar-refractivity contribution in [2.24, 2.45) is 5.16 Å². The maximum atomic E-state index is 8.03. The Bertz CT molecular complexity index is 112. The lowest BCUT2D eigenvalue weighted by Gasteiger charge is -2.06. The minimum absolute atomic E-state index is 0.0676. The van der Waals surface area contributed by atoms with E-state index >= 15 is 0 Å². The summed E-state index contributed by atoms with van der Waals surface area (Å²) in [6.45, 7) is 3.58. The fraction of sp³-hybridized carbons (Fsp3) is 0.571. The van der Waals surface area contributed by atoms with Crippen molar-refractivity contribution in [3.05, 3.63) is 12.7 Å². The van der Waals surface area contributed by atoms with Crippen LogP contribution in [0.5, 0.6) is 0 Å². The molecule has 0 aliphatic rings. The maximum absolute atomic E-state index is 8.03. The van der Waals surface area contributed by atoms with Crippen LogP contribution in [0.1, 0.15) is 12.8 Å². The first-order valence-corrected chi connectivity index (χ1v) is 3.16. The van der Waals surface area contributed by atoms with Crippen LogP contribution in [0.15, 0.2) is 17.8 Å². The molecule has 3 heteroatoms. The highest BCUT2D eigenvalue weighted by Gasteiger charge is 1.98. The third-order valence-corrected chi connectivity index (χ3v) is 1.23. The Kier molecular flexibility index (Phi) is 5.77. The maximum Gasteiger partial charge on any atom is 0.0752 e. The standard InChI is InChI=1S/C7H13NO2/c1-3-7(10-2)5-4-6-8-9/h3,6-7,9H,1,4-5H2,2H3. The van der Waals surface area contributed by atoms with Crippen LogP contribution in [-0.2, 0) is 4.74 Å². The first-order valence-electron chi connectivity index (χ1n) is 3.16. The van der Waals surface area contributed by atoms with Gasteiger partial charge in [0.15, 0.2) is 0 Å². The Hall–Kier alpha value is -0.830. The molecule has 0 aromatic rings. The van der Waals surface area contributed by atoms with E-state index in [4.69, 9.17) is 9.94 Å². The number of hydrogen-bond donors (Lipinski definition) is 1. The minimum Gasteiger partial charge on any atom is -0.411 e. The molecule has 0 fully saturated rings. The van der Waals surface area contributed by atoms with Gasteiger partial charge in [0.2, 0.25) is 0 Å². The van der Waals surface area contributed by atoms with Gasteiger partial charge in [0.05, 0.1) is 6.10 Å². The van der Waals surface area contributed by atoms with Crippen molar-refractivity contribution < 1.29 is 9.94 Å². The van der Waals surface area contributed by atoms with Gasteiger partial charge in [-0.3, -0.25) is 0 Å². The van der Waals surface area contributed by atoms with E-state index in [1.54, 1.807) is 13.2 Å². The molecule has 1 N–H and O–H groups in total. The predicted octanol–water partition coefficient (Wildman–Crippen LogP) is 1.43. The second kappa shape index (κ2) is 6.29. The molecule has 0 aliphatic carbocycles. The van der Waals surface area contributed by atoms with Gasteiger partial charge < -0.3 is 9.94 Å². The fourth-order valence-electron chi connectivity index (χ4n) is 0.628. The smallest absolute Gasteiger partial charge is 0.0752 e. The quantitative estimate of drug-likeness (QED) is 0.274. The van der Waals surface area contributed by atoms with E-state index in [1.165, 1.54) is 6.21 Å². The summed E-state index contributed by atoms with van der Waals surface area (Å²) in [6.07, 6.45) is 4.75. The summed E-state index contributed by atoms with van der Waals surface area (Å²) >= 11 is 0. The van der Waals surface area contributed by atoms with Crippen LogP contribution >= 0.6 is 0 Å². The molecule has 3 nitrogen and oxygen atoms in total.